The largest absolute Gasteiger partial charge is 0.375 e. The normalized spacial score (nSPS) is 29.3. The summed E-state index contributed by atoms with van der Waals surface area (Å²) in [6.45, 7) is 6.29. The molecule has 108 valence electrons. The molecule has 0 saturated carbocycles. The standard InChI is InChI=1S/C16H22N2O2/c1-11-10-20-12(2)9-18(11)16(19)7-15-14-6-4-3-5-13(14)8-17-15/h3-6,11-12,15,17H,7-10H2,1-2H3. The summed E-state index contributed by atoms with van der Waals surface area (Å²) in [7, 11) is 0. The predicted molar refractivity (Wildman–Crippen MR) is 77.2 cm³/mol. The first-order valence-corrected chi connectivity index (χ1v) is 7.37. The molecule has 0 bridgehead atoms. The molecule has 1 amide bonds. The van der Waals surface area contributed by atoms with Crippen molar-refractivity contribution in [3.05, 3.63) is 35.4 Å². The molecule has 0 aliphatic carbocycles. The summed E-state index contributed by atoms with van der Waals surface area (Å²) in [5.41, 5.74) is 2.59. The molecule has 1 fully saturated rings. The Morgan fingerprint density at radius 1 is 1.40 bits per heavy atom. The summed E-state index contributed by atoms with van der Waals surface area (Å²) < 4.78 is 5.59. The highest BCUT2D eigenvalue weighted by atomic mass is 16.5. The van der Waals surface area contributed by atoms with Gasteiger partial charge in [-0.1, -0.05) is 24.3 Å². The maximum Gasteiger partial charge on any atom is 0.224 e. The van der Waals surface area contributed by atoms with Gasteiger partial charge in [-0.15, -0.1) is 0 Å². The first-order valence-electron chi connectivity index (χ1n) is 7.37. The van der Waals surface area contributed by atoms with Crippen molar-refractivity contribution in [2.45, 2.75) is 45.0 Å². The summed E-state index contributed by atoms with van der Waals surface area (Å²) in [5, 5.41) is 3.44. The molecular formula is C16H22N2O2. The molecule has 0 spiro atoms. The van der Waals surface area contributed by atoms with E-state index in [1.807, 2.05) is 17.9 Å². The van der Waals surface area contributed by atoms with Crippen LogP contribution in [0.4, 0.5) is 0 Å². The summed E-state index contributed by atoms with van der Waals surface area (Å²) in [5.74, 6) is 0.224. The Kier molecular flexibility index (Phi) is 3.76. The lowest BCUT2D eigenvalue weighted by atomic mass is 10.0. The van der Waals surface area contributed by atoms with Crippen LogP contribution in [0.2, 0.25) is 0 Å². The van der Waals surface area contributed by atoms with Gasteiger partial charge in [-0.25, -0.2) is 0 Å². The third-order valence-corrected chi connectivity index (χ3v) is 4.28. The van der Waals surface area contributed by atoms with Crippen molar-refractivity contribution >= 4 is 5.91 Å². The lowest BCUT2D eigenvalue weighted by Crippen LogP contribution is -2.50. The van der Waals surface area contributed by atoms with Crippen molar-refractivity contribution < 1.29 is 9.53 Å². The monoisotopic (exact) mass is 274 g/mol. The maximum absolute atomic E-state index is 12.6. The average Bonchev–Trinajstić information content (AvgIpc) is 2.85. The van der Waals surface area contributed by atoms with E-state index in [0.29, 0.717) is 19.6 Å². The first kappa shape index (κ1) is 13.6. The molecule has 3 atom stereocenters. The number of hydrogen-bond donors (Lipinski definition) is 1. The van der Waals surface area contributed by atoms with E-state index < -0.39 is 0 Å². The number of morpholine rings is 1. The fourth-order valence-electron chi connectivity index (χ4n) is 3.10. The summed E-state index contributed by atoms with van der Waals surface area (Å²) in [6, 6.07) is 8.68. The second-order valence-electron chi connectivity index (χ2n) is 5.88. The van der Waals surface area contributed by atoms with Crippen LogP contribution >= 0.6 is 0 Å². The number of nitrogens with zero attached hydrogens (tertiary/aromatic N) is 1. The zero-order valence-corrected chi connectivity index (χ0v) is 12.1. The average molecular weight is 274 g/mol. The number of rotatable bonds is 2. The number of nitrogens with one attached hydrogen (secondary N) is 1. The van der Waals surface area contributed by atoms with E-state index in [0.717, 1.165) is 6.54 Å². The van der Waals surface area contributed by atoms with E-state index in [1.54, 1.807) is 0 Å². The second-order valence-corrected chi connectivity index (χ2v) is 5.88. The first-order chi connectivity index (χ1) is 9.65. The predicted octanol–water partition coefficient (Wildman–Crippen LogP) is 1.86. The number of amides is 1. The third kappa shape index (κ3) is 2.58. The number of fused-ring (bicyclic) bond motifs is 1. The van der Waals surface area contributed by atoms with Gasteiger partial charge in [-0.05, 0) is 25.0 Å². The van der Waals surface area contributed by atoms with Crippen molar-refractivity contribution in [1.82, 2.24) is 10.2 Å². The Morgan fingerprint density at radius 3 is 3.05 bits per heavy atom. The highest BCUT2D eigenvalue weighted by molar-refractivity contribution is 5.77. The summed E-state index contributed by atoms with van der Waals surface area (Å²) in [4.78, 5) is 14.5. The molecular weight excluding hydrogens is 252 g/mol. The van der Waals surface area contributed by atoms with Crippen molar-refractivity contribution in [3.8, 4) is 0 Å². The summed E-state index contributed by atoms with van der Waals surface area (Å²) >= 11 is 0. The van der Waals surface area contributed by atoms with Crippen LogP contribution in [0.15, 0.2) is 24.3 Å². The smallest absolute Gasteiger partial charge is 0.224 e. The molecule has 2 aliphatic heterocycles. The van der Waals surface area contributed by atoms with Crippen LogP contribution in [0.25, 0.3) is 0 Å². The van der Waals surface area contributed by atoms with Gasteiger partial charge in [0.15, 0.2) is 0 Å². The Morgan fingerprint density at radius 2 is 2.20 bits per heavy atom. The molecule has 2 aliphatic rings. The number of carbonyl (C=O) groups is 1. The van der Waals surface area contributed by atoms with Crippen molar-refractivity contribution in [2.75, 3.05) is 13.2 Å². The van der Waals surface area contributed by atoms with E-state index in [1.165, 1.54) is 11.1 Å². The van der Waals surface area contributed by atoms with Crippen molar-refractivity contribution in [1.29, 1.82) is 0 Å². The van der Waals surface area contributed by atoms with Gasteiger partial charge in [-0.2, -0.15) is 0 Å². The molecule has 1 N–H and O–H groups in total. The lowest BCUT2D eigenvalue weighted by molar-refractivity contribution is -0.143. The highest BCUT2D eigenvalue weighted by Crippen LogP contribution is 2.28. The number of benzene rings is 1. The molecule has 0 radical (unpaired) electrons. The van der Waals surface area contributed by atoms with Gasteiger partial charge in [0, 0.05) is 25.6 Å². The van der Waals surface area contributed by atoms with Gasteiger partial charge < -0.3 is 15.0 Å². The second kappa shape index (κ2) is 5.54. The fourth-order valence-corrected chi connectivity index (χ4v) is 3.10. The number of hydrogen-bond acceptors (Lipinski definition) is 3. The van der Waals surface area contributed by atoms with Gasteiger partial charge in [0.05, 0.1) is 18.8 Å². The van der Waals surface area contributed by atoms with E-state index in [9.17, 15) is 4.79 Å². The highest BCUT2D eigenvalue weighted by Gasteiger charge is 2.31. The van der Waals surface area contributed by atoms with E-state index in [-0.39, 0.29) is 24.1 Å². The number of ether oxygens (including phenoxy) is 1. The Hall–Kier alpha value is -1.39. The molecule has 1 saturated heterocycles. The van der Waals surface area contributed by atoms with Crippen LogP contribution in [0.1, 0.15) is 37.4 Å². The van der Waals surface area contributed by atoms with Gasteiger partial charge in [-0.3, -0.25) is 4.79 Å². The molecule has 4 heteroatoms. The topological polar surface area (TPSA) is 41.6 Å². The molecule has 0 aromatic heterocycles. The quantitative estimate of drug-likeness (QED) is 0.895. The summed E-state index contributed by atoms with van der Waals surface area (Å²) in [6.07, 6.45) is 0.674. The Bertz CT molecular complexity index is 503. The zero-order chi connectivity index (χ0) is 14.1. The number of carbonyl (C=O) groups excluding carboxylic acids is 1. The third-order valence-electron chi connectivity index (χ3n) is 4.28. The van der Waals surface area contributed by atoms with Crippen molar-refractivity contribution in [3.63, 3.8) is 0 Å². The minimum absolute atomic E-state index is 0.138. The van der Waals surface area contributed by atoms with Crippen LogP contribution in [-0.4, -0.2) is 36.1 Å². The van der Waals surface area contributed by atoms with Gasteiger partial charge >= 0.3 is 0 Å². The Balaban J connectivity index is 1.68. The van der Waals surface area contributed by atoms with Crippen molar-refractivity contribution in [2.24, 2.45) is 0 Å². The molecule has 4 nitrogen and oxygen atoms in total. The van der Waals surface area contributed by atoms with Crippen LogP contribution in [0.3, 0.4) is 0 Å². The van der Waals surface area contributed by atoms with E-state index in [2.05, 4.69) is 30.4 Å². The van der Waals surface area contributed by atoms with Crippen LogP contribution in [-0.2, 0) is 16.1 Å². The zero-order valence-electron chi connectivity index (χ0n) is 12.1. The molecule has 3 rings (SSSR count). The van der Waals surface area contributed by atoms with E-state index in [4.69, 9.17) is 4.74 Å². The molecule has 1 aromatic rings. The molecule has 3 unspecified atom stereocenters. The molecule has 20 heavy (non-hydrogen) atoms. The minimum atomic E-state index is 0.138. The van der Waals surface area contributed by atoms with Gasteiger partial charge in [0.1, 0.15) is 0 Å². The van der Waals surface area contributed by atoms with Crippen LogP contribution < -0.4 is 5.32 Å². The molecule has 2 heterocycles. The maximum atomic E-state index is 12.6. The van der Waals surface area contributed by atoms with Crippen LogP contribution in [0.5, 0.6) is 0 Å². The van der Waals surface area contributed by atoms with Gasteiger partial charge in [0.25, 0.3) is 0 Å². The van der Waals surface area contributed by atoms with Gasteiger partial charge in [0.2, 0.25) is 5.91 Å². The SMILES string of the molecule is CC1CN(C(=O)CC2NCc3ccccc32)C(C)CO1. The fraction of sp³-hybridized carbons (Fsp3) is 0.562. The lowest BCUT2D eigenvalue weighted by Gasteiger charge is -2.37. The Labute approximate surface area is 120 Å². The minimum Gasteiger partial charge on any atom is -0.375 e. The molecule has 1 aromatic carbocycles. The van der Waals surface area contributed by atoms with E-state index >= 15 is 0 Å². The van der Waals surface area contributed by atoms with Crippen LogP contribution in [0, 0.1) is 0 Å².